The molecule has 1 saturated heterocycles. The normalized spacial score (nSPS) is 14.0. The minimum Gasteiger partial charge on any atom is -0.494 e. The van der Waals surface area contributed by atoms with E-state index in [-0.39, 0.29) is 11.8 Å². The summed E-state index contributed by atoms with van der Waals surface area (Å²) in [6, 6.07) is 14.9. The van der Waals surface area contributed by atoms with Gasteiger partial charge in [0.2, 0.25) is 5.91 Å². The number of ether oxygens (including phenoxy) is 1. The lowest BCUT2D eigenvalue weighted by atomic mass is 10.1. The fourth-order valence-electron chi connectivity index (χ4n) is 3.47. The highest BCUT2D eigenvalue weighted by molar-refractivity contribution is 5.94. The number of carbonyl (C=O) groups excluding carboxylic acids is 2. The molecule has 6 heteroatoms. The Morgan fingerprint density at radius 3 is 2.39 bits per heavy atom. The first-order valence-corrected chi connectivity index (χ1v) is 10.9. The number of hydrogen-bond donors (Lipinski definition) is 2. The first kappa shape index (κ1) is 22.6. The smallest absolute Gasteiger partial charge is 0.251 e. The minimum absolute atomic E-state index is 0.0620. The Balaban J connectivity index is 1.39. The van der Waals surface area contributed by atoms with Crippen LogP contribution in [0.1, 0.15) is 41.3 Å². The number of nitrogens with zero attached hydrogens (tertiary/aromatic N) is 1. The third-order valence-electron chi connectivity index (χ3n) is 5.21. The van der Waals surface area contributed by atoms with Crippen molar-refractivity contribution in [3.63, 3.8) is 0 Å². The molecule has 0 saturated carbocycles. The average Bonchev–Trinajstić information content (AvgIpc) is 3.31. The predicted molar refractivity (Wildman–Crippen MR) is 123 cm³/mol. The Morgan fingerprint density at radius 2 is 1.71 bits per heavy atom. The lowest BCUT2D eigenvalue weighted by molar-refractivity contribution is -0.116. The van der Waals surface area contributed by atoms with Crippen molar-refractivity contribution in [1.82, 2.24) is 15.5 Å². The summed E-state index contributed by atoms with van der Waals surface area (Å²) in [7, 11) is 0. The van der Waals surface area contributed by atoms with E-state index in [1.807, 2.05) is 43.3 Å². The second-order valence-corrected chi connectivity index (χ2v) is 7.55. The van der Waals surface area contributed by atoms with Gasteiger partial charge >= 0.3 is 0 Å². The van der Waals surface area contributed by atoms with Crippen LogP contribution < -0.4 is 15.4 Å². The summed E-state index contributed by atoms with van der Waals surface area (Å²) in [5.41, 5.74) is 2.50. The van der Waals surface area contributed by atoms with Crippen LogP contribution in [0.3, 0.4) is 0 Å². The maximum Gasteiger partial charge on any atom is 0.251 e. The molecule has 0 spiro atoms. The minimum atomic E-state index is -0.169. The van der Waals surface area contributed by atoms with Crippen molar-refractivity contribution in [2.24, 2.45) is 0 Å². The SMILES string of the molecule is CCOc1ccc(C=CC(=O)NCc2ccc(C(=O)NCCN3CCCC3)cc2)cc1. The van der Waals surface area contributed by atoms with Gasteiger partial charge in [-0.05, 0) is 74.3 Å². The maximum atomic E-state index is 12.3. The van der Waals surface area contributed by atoms with Gasteiger partial charge in [-0.3, -0.25) is 9.59 Å². The highest BCUT2D eigenvalue weighted by atomic mass is 16.5. The van der Waals surface area contributed by atoms with Crippen LogP contribution in [0.25, 0.3) is 6.08 Å². The molecule has 0 bridgehead atoms. The van der Waals surface area contributed by atoms with Crippen molar-refractivity contribution in [1.29, 1.82) is 0 Å². The van der Waals surface area contributed by atoms with Crippen LogP contribution in [-0.4, -0.2) is 49.5 Å². The van der Waals surface area contributed by atoms with Crippen LogP contribution in [0.15, 0.2) is 54.6 Å². The fourth-order valence-corrected chi connectivity index (χ4v) is 3.47. The fraction of sp³-hybridized carbons (Fsp3) is 0.360. The monoisotopic (exact) mass is 421 g/mol. The third-order valence-corrected chi connectivity index (χ3v) is 5.21. The summed E-state index contributed by atoms with van der Waals surface area (Å²) in [6.07, 6.45) is 5.78. The van der Waals surface area contributed by atoms with E-state index in [0.717, 1.165) is 36.5 Å². The van der Waals surface area contributed by atoms with Crippen molar-refractivity contribution < 1.29 is 14.3 Å². The zero-order valence-electron chi connectivity index (χ0n) is 18.1. The quantitative estimate of drug-likeness (QED) is 0.578. The summed E-state index contributed by atoms with van der Waals surface area (Å²) >= 11 is 0. The van der Waals surface area contributed by atoms with Crippen molar-refractivity contribution in [2.75, 3.05) is 32.8 Å². The molecule has 0 radical (unpaired) electrons. The van der Waals surface area contributed by atoms with E-state index in [2.05, 4.69) is 15.5 Å². The molecule has 2 aromatic rings. The maximum absolute atomic E-state index is 12.3. The van der Waals surface area contributed by atoms with E-state index >= 15 is 0 Å². The molecule has 3 rings (SSSR count). The van der Waals surface area contributed by atoms with Gasteiger partial charge in [-0.1, -0.05) is 24.3 Å². The molecule has 0 aromatic heterocycles. The number of carbonyl (C=O) groups is 2. The Hall–Kier alpha value is -3.12. The third kappa shape index (κ3) is 7.57. The first-order valence-electron chi connectivity index (χ1n) is 10.9. The van der Waals surface area contributed by atoms with E-state index in [4.69, 9.17) is 4.74 Å². The molecule has 1 heterocycles. The second kappa shape index (κ2) is 11.9. The van der Waals surface area contributed by atoms with E-state index in [0.29, 0.717) is 25.3 Å². The molecular formula is C25H31N3O3. The van der Waals surface area contributed by atoms with Crippen LogP contribution in [0.4, 0.5) is 0 Å². The lowest BCUT2D eigenvalue weighted by Gasteiger charge is -2.14. The number of hydrogen-bond acceptors (Lipinski definition) is 4. The Kier molecular flexibility index (Phi) is 8.67. The van der Waals surface area contributed by atoms with Gasteiger partial charge < -0.3 is 20.3 Å². The molecule has 6 nitrogen and oxygen atoms in total. The van der Waals surface area contributed by atoms with Crippen molar-refractivity contribution in [3.05, 3.63) is 71.3 Å². The van der Waals surface area contributed by atoms with Gasteiger partial charge in [0.25, 0.3) is 5.91 Å². The molecule has 164 valence electrons. The molecule has 2 N–H and O–H groups in total. The van der Waals surface area contributed by atoms with E-state index in [1.165, 1.54) is 18.9 Å². The first-order chi connectivity index (χ1) is 15.1. The van der Waals surface area contributed by atoms with Gasteiger partial charge in [0.05, 0.1) is 6.61 Å². The summed E-state index contributed by atoms with van der Waals surface area (Å²) in [6.45, 7) is 6.80. The summed E-state index contributed by atoms with van der Waals surface area (Å²) in [4.78, 5) is 26.7. The van der Waals surface area contributed by atoms with Gasteiger partial charge in [-0.25, -0.2) is 0 Å². The van der Waals surface area contributed by atoms with Gasteiger partial charge in [0, 0.05) is 31.3 Å². The molecule has 0 unspecified atom stereocenters. The van der Waals surface area contributed by atoms with Crippen LogP contribution >= 0.6 is 0 Å². The van der Waals surface area contributed by atoms with Gasteiger partial charge in [-0.2, -0.15) is 0 Å². The average molecular weight is 422 g/mol. The standard InChI is InChI=1S/C25H31N3O3/c1-2-31-23-12-7-20(8-13-23)9-14-24(29)27-19-21-5-10-22(11-6-21)25(30)26-15-18-28-16-3-4-17-28/h5-14H,2-4,15-19H2,1H3,(H,26,30)(H,27,29). The molecular weight excluding hydrogens is 390 g/mol. The molecule has 0 atom stereocenters. The van der Waals surface area contributed by atoms with Gasteiger partial charge in [0.1, 0.15) is 5.75 Å². The van der Waals surface area contributed by atoms with Gasteiger partial charge in [0.15, 0.2) is 0 Å². The van der Waals surface area contributed by atoms with E-state index in [1.54, 1.807) is 18.2 Å². The van der Waals surface area contributed by atoms with Crippen LogP contribution in [-0.2, 0) is 11.3 Å². The number of benzene rings is 2. The number of nitrogens with one attached hydrogen (secondary N) is 2. The zero-order valence-corrected chi connectivity index (χ0v) is 18.1. The zero-order chi connectivity index (χ0) is 21.9. The molecule has 2 amide bonds. The second-order valence-electron chi connectivity index (χ2n) is 7.55. The Labute approximate surface area is 184 Å². The van der Waals surface area contributed by atoms with Crippen molar-refractivity contribution in [3.8, 4) is 5.75 Å². The summed E-state index contributed by atoms with van der Waals surface area (Å²) < 4.78 is 5.41. The predicted octanol–water partition coefficient (Wildman–Crippen LogP) is 3.24. The topological polar surface area (TPSA) is 70.7 Å². The van der Waals surface area contributed by atoms with Crippen molar-refractivity contribution >= 4 is 17.9 Å². The van der Waals surface area contributed by atoms with Crippen LogP contribution in [0, 0.1) is 0 Å². The largest absolute Gasteiger partial charge is 0.494 e. The van der Waals surface area contributed by atoms with Gasteiger partial charge in [-0.15, -0.1) is 0 Å². The number of rotatable bonds is 10. The van der Waals surface area contributed by atoms with E-state index in [9.17, 15) is 9.59 Å². The molecule has 31 heavy (non-hydrogen) atoms. The van der Waals surface area contributed by atoms with Crippen LogP contribution in [0.5, 0.6) is 5.75 Å². The highest BCUT2D eigenvalue weighted by Gasteiger charge is 2.11. The summed E-state index contributed by atoms with van der Waals surface area (Å²) in [5.74, 6) is 0.582. The Morgan fingerprint density at radius 1 is 1.00 bits per heavy atom. The molecule has 2 aromatic carbocycles. The lowest BCUT2D eigenvalue weighted by Crippen LogP contribution is -2.33. The van der Waals surface area contributed by atoms with Crippen molar-refractivity contribution in [2.45, 2.75) is 26.3 Å². The molecule has 1 fully saturated rings. The highest BCUT2D eigenvalue weighted by Crippen LogP contribution is 2.13. The number of likely N-dealkylation sites (tertiary alicyclic amines) is 1. The Bertz CT molecular complexity index is 870. The number of amides is 2. The molecule has 0 aliphatic carbocycles. The molecule has 1 aliphatic heterocycles. The van der Waals surface area contributed by atoms with Crippen LogP contribution in [0.2, 0.25) is 0 Å². The van der Waals surface area contributed by atoms with E-state index < -0.39 is 0 Å². The molecule has 1 aliphatic rings. The summed E-state index contributed by atoms with van der Waals surface area (Å²) in [5, 5.41) is 5.83.